The Hall–Kier alpha value is -1.40. The highest BCUT2D eigenvalue weighted by molar-refractivity contribution is 6.32. The van der Waals surface area contributed by atoms with Crippen LogP contribution in [0, 0.1) is 5.82 Å². The van der Waals surface area contributed by atoms with Crippen molar-refractivity contribution < 1.29 is 13.9 Å². The van der Waals surface area contributed by atoms with Gasteiger partial charge in [0.15, 0.2) is 11.6 Å². The fraction of sp³-hybridized carbons (Fsp3) is 0.538. The van der Waals surface area contributed by atoms with E-state index in [1.165, 1.54) is 7.11 Å². The highest BCUT2D eigenvalue weighted by Gasteiger charge is 2.24. The first-order valence-corrected chi connectivity index (χ1v) is 6.87. The molecule has 20 heavy (non-hydrogen) atoms. The summed E-state index contributed by atoms with van der Waals surface area (Å²) in [5.41, 5.74) is 5.90. The van der Waals surface area contributed by atoms with E-state index in [0.717, 1.165) is 31.7 Å². The van der Waals surface area contributed by atoms with Gasteiger partial charge in [0.1, 0.15) is 10.7 Å². The molecule has 3 N–H and O–H groups in total. The van der Waals surface area contributed by atoms with E-state index in [0.29, 0.717) is 0 Å². The lowest BCUT2D eigenvalue weighted by molar-refractivity contribution is 0.0600. The number of carbonyl (C=O) groups excluding carboxylic acids is 1. The Morgan fingerprint density at radius 2 is 2.25 bits per heavy atom. The van der Waals surface area contributed by atoms with Crippen molar-refractivity contribution >= 4 is 23.4 Å². The standard InChI is InChI=1S/C13H17ClFN3O2/c1-20-13(19)7-6-8(15)12(18-11(7)14)17-10-5-3-2-4-9(10)16/h6,9-10H,2-5,16H2,1H3,(H,17,18). The van der Waals surface area contributed by atoms with Gasteiger partial charge in [0, 0.05) is 12.1 Å². The van der Waals surface area contributed by atoms with Crippen LogP contribution in [0.5, 0.6) is 0 Å². The second-order valence-electron chi connectivity index (χ2n) is 4.85. The molecule has 1 aromatic rings. The number of nitrogens with zero attached hydrogens (tertiary/aromatic N) is 1. The van der Waals surface area contributed by atoms with Gasteiger partial charge in [-0.05, 0) is 18.9 Å². The van der Waals surface area contributed by atoms with Crippen LogP contribution in [-0.4, -0.2) is 30.1 Å². The molecule has 0 aromatic carbocycles. The van der Waals surface area contributed by atoms with Gasteiger partial charge in [-0.1, -0.05) is 24.4 Å². The summed E-state index contributed by atoms with van der Waals surface area (Å²) in [4.78, 5) is 15.3. The van der Waals surface area contributed by atoms with Crippen molar-refractivity contribution in [2.75, 3.05) is 12.4 Å². The number of carbonyl (C=O) groups is 1. The number of aromatic nitrogens is 1. The number of hydrogen-bond donors (Lipinski definition) is 2. The molecule has 0 bridgehead atoms. The summed E-state index contributed by atoms with van der Waals surface area (Å²) < 4.78 is 18.5. The van der Waals surface area contributed by atoms with Gasteiger partial charge < -0.3 is 15.8 Å². The predicted octanol–water partition coefficient (Wildman–Crippen LogP) is 2.34. The predicted molar refractivity (Wildman–Crippen MR) is 74.4 cm³/mol. The fourth-order valence-corrected chi connectivity index (χ4v) is 2.55. The first-order valence-electron chi connectivity index (χ1n) is 6.49. The molecular weight excluding hydrogens is 285 g/mol. The van der Waals surface area contributed by atoms with Gasteiger partial charge in [-0.25, -0.2) is 14.2 Å². The van der Waals surface area contributed by atoms with E-state index in [-0.39, 0.29) is 28.6 Å². The SMILES string of the molecule is COC(=O)c1cc(F)c(NC2CCCCC2N)nc1Cl. The van der Waals surface area contributed by atoms with Crippen molar-refractivity contribution in [3.05, 3.63) is 22.6 Å². The quantitative estimate of drug-likeness (QED) is 0.662. The van der Waals surface area contributed by atoms with Crippen LogP contribution in [0.15, 0.2) is 6.07 Å². The van der Waals surface area contributed by atoms with E-state index in [2.05, 4.69) is 15.0 Å². The van der Waals surface area contributed by atoms with Crippen molar-refractivity contribution in [3.63, 3.8) is 0 Å². The number of hydrogen-bond acceptors (Lipinski definition) is 5. The maximum absolute atomic E-state index is 14.0. The summed E-state index contributed by atoms with van der Waals surface area (Å²) >= 11 is 5.88. The van der Waals surface area contributed by atoms with E-state index in [4.69, 9.17) is 17.3 Å². The Bertz CT molecular complexity index is 513. The van der Waals surface area contributed by atoms with Gasteiger partial charge in [0.05, 0.1) is 7.11 Å². The molecule has 110 valence electrons. The molecule has 1 heterocycles. The molecule has 2 atom stereocenters. The van der Waals surface area contributed by atoms with Gasteiger partial charge in [-0.3, -0.25) is 0 Å². The minimum absolute atomic E-state index is 0.0185. The van der Waals surface area contributed by atoms with Crippen LogP contribution in [0.2, 0.25) is 5.15 Å². The molecule has 0 aliphatic heterocycles. The third-order valence-corrected chi connectivity index (χ3v) is 3.76. The van der Waals surface area contributed by atoms with Crippen molar-refractivity contribution in [2.45, 2.75) is 37.8 Å². The number of rotatable bonds is 3. The number of esters is 1. The van der Waals surface area contributed by atoms with Crippen LogP contribution < -0.4 is 11.1 Å². The zero-order valence-corrected chi connectivity index (χ0v) is 11.9. The highest BCUT2D eigenvalue weighted by atomic mass is 35.5. The monoisotopic (exact) mass is 301 g/mol. The number of nitrogens with two attached hydrogens (primary N) is 1. The zero-order chi connectivity index (χ0) is 14.7. The number of anilines is 1. The van der Waals surface area contributed by atoms with Gasteiger partial charge >= 0.3 is 5.97 Å². The Kier molecular flexibility index (Phi) is 4.77. The van der Waals surface area contributed by atoms with Crippen LogP contribution in [0.3, 0.4) is 0 Å². The second-order valence-corrected chi connectivity index (χ2v) is 5.21. The Morgan fingerprint density at radius 3 is 2.90 bits per heavy atom. The van der Waals surface area contributed by atoms with Crippen molar-refractivity contribution in [1.82, 2.24) is 4.98 Å². The summed E-state index contributed by atoms with van der Waals surface area (Å²) in [5, 5.41) is 2.88. The average Bonchev–Trinajstić information content (AvgIpc) is 2.44. The van der Waals surface area contributed by atoms with E-state index in [1.807, 2.05) is 0 Å². The highest BCUT2D eigenvalue weighted by Crippen LogP contribution is 2.25. The maximum Gasteiger partial charge on any atom is 0.341 e. The van der Waals surface area contributed by atoms with Gasteiger partial charge in [0.2, 0.25) is 0 Å². The lowest BCUT2D eigenvalue weighted by Gasteiger charge is -2.29. The van der Waals surface area contributed by atoms with Crippen molar-refractivity contribution in [2.24, 2.45) is 5.73 Å². The molecule has 2 unspecified atom stereocenters. The normalized spacial score (nSPS) is 22.4. The summed E-state index contributed by atoms with van der Waals surface area (Å²) in [6.45, 7) is 0. The minimum atomic E-state index is -0.720. The third-order valence-electron chi connectivity index (χ3n) is 3.48. The Balaban J connectivity index is 2.20. The number of halogens is 2. The van der Waals surface area contributed by atoms with Gasteiger partial charge in [-0.2, -0.15) is 0 Å². The lowest BCUT2D eigenvalue weighted by atomic mass is 9.91. The maximum atomic E-state index is 14.0. The zero-order valence-electron chi connectivity index (χ0n) is 11.2. The molecule has 1 aliphatic carbocycles. The summed E-state index contributed by atoms with van der Waals surface area (Å²) in [6, 6.07) is 0.951. The molecule has 1 fully saturated rings. The van der Waals surface area contributed by atoms with Crippen LogP contribution in [0.4, 0.5) is 10.2 Å². The van der Waals surface area contributed by atoms with E-state index in [9.17, 15) is 9.18 Å². The lowest BCUT2D eigenvalue weighted by Crippen LogP contribution is -2.43. The molecule has 1 saturated carbocycles. The summed E-state index contributed by atoms with van der Waals surface area (Å²) in [6.07, 6.45) is 3.88. The van der Waals surface area contributed by atoms with E-state index >= 15 is 0 Å². The topological polar surface area (TPSA) is 77.2 Å². The molecule has 7 heteroatoms. The smallest absolute Gasteiger partial charge is 0.341 e. The largest absolute Gasteiger partial charge is 0.465 e. The molecule has 0 amide bonds. The van der Waals surface area contributed by atoms with Gasteiger partial charge in [0.25, 0.3) is 0 Å². The second kappa shape index (κ2) is 6.37. The third kappa shape index (κ3) is 3.19. The number of ether oxygens (including phenoxy) is 1. The number of nitrogens with one attached hydrogen (secondary N) is 1. The molecule has 2 rings (SSSR count). The summed E-state index contributed by atoms with van der Waals surface area (Å²) in [5.74, 6) is -1.35. The Labute approximate surface area is 121 Å². The van der Waals surface area contributed by atoms with E-state index in [1.54, 1.807) is 0 Å². The van der Waals surface area contributed by atoms with Crippen LogP contribution in [0.25, 0.3) is 0 Å². The average molecular weight is 302 g/mol. The molecular formula is C13H17ClFN3O2. The molecule has 1 aromatic heterocycles. The van der Waals surface area contributed by atoms with Crippen LogP contribution in [0.1, 0.15) is 36.0 Å². The first kappa shape index (κ1) is 15.0. The molecule has 1 aliphatic rings. The first-order chi connectivity index (χ1) is 9.52. The Morgan fingerprint density at radius 1 is 1.55 bits per heavy atom. The van der Waals surface area contributed by atoms with E-state index < -0.39 is 11.8 Å². The van der Waals surface area contributed by atoms with Gasteiger partial charge in [-0.15, -0.1) is 0 Å². The number of methoxy groups -OCH3 is 1. The molecule has 0 radical (unpaired) electrons. The summed E-state index contributed by atoms with van der Waals surface area (Å²) in [7, 11) is 1.20. The van der Waals surface area contributed by atoms with Crippen molar-refractivity contribution in [1.29, 1.82) is 0 Å². The minimum Gasteiger partial charge on any atom is -0.465 e. The van der Waals surface area contributed by atoms with Crippen LogP contribution >= 0.6 is 11.6 Å². The number of pyridine rings is 1. The van der Waals surface area contributed by atoms with Crippen molar-refractivity contribution in [3.8, 4) is 0 Å². The fourth-order valence-electron chi connectivity index (χ4n) is 2.34. The molecule has 5 nitrogen and oxygen atoms in total. The molecule has 0 saturated heterocycles. The molecule has 0 spiro atoms. The van der Waals surface area contributed by atoms with Crippen LogP contribution in [-0.2, 0) is 4.74 Å².